The Morgan fingerprint density at radius 1 is 1.24 bits per heavy atom. The first-order valence-corrected chi connectivity index (χ1v) is 6.95. The summed E-state index contributed by atoms with van der Waals surface area (Å²) in [7, 11) is 3.91. The monoisotopic (exact) mass is 281 g/mol. The smallest absolute Gasteiger partial charge is 0.180 e. The highest BCUT2D eigenvalue weighted by Crippen LogP contribution is 2.21. The van der Waals surface area contributed by atoms with Gasteiger partial charge in [-0.1, -0.05) is 29.8 Å². The number of fused-ring (bicyclic) bond motifs is 1. The lowest BCUT2D eigenvalue weighted by molar-refractivity contribution is 0.892. The van der Waals surface area contributed by atoms with Gasteiger partial charge in [0, 0.05) is 33.0 Å². The van der Waals surface area contributed by atoms with E-state index in [1.54, 1.807) is 6.20 Å². The van der Waals surface area contributed by atoms with Gasteiger partial charge in [0.05, 0.1) is 6.20 Å². The molecule has 0 aliphatic carbocycles. The number of aromatic nitrogens is 3. The van der Waals surface area contributed by atoms with Gasteiger partial charge < -0.3 is 14.6 Å². The summed E-state index contributed by atoms with van der Waals surface area (Å²) >= 11 is 0. The van der Waals surface area contributed by atoms with E-state index in [0.717, 1.165) is 23.8 Å². The summed E-state index contributed by atoms with van der Waals surface area (Å²) in [5.41, 5.74) is 3.39. The topological polar surface area (TPSA) is 45.5 Å². The van der Waals surface area contributed by atoms with Crippen molar-refractivity contribution in [2.45, 2.75) is 13.5 Å². The van der Waals surface area contributed by atoms with Crippen molar-refractivity contribution in [2.75, 3.05) is 24.3 Å². The third-order valence-corrected chi connectivity index (χ3v) is 3.51. The second kappa shape index (κ2) is 5.44. The molecule has 0 atom stereocenters. The molecule has 1 N–H and O–H groups in total. The number of nitrogens with zero attached hydrogens (tertiary/aromatic N) is 4. The first kappa shape index (κ1) is 13.4. The van der Waals surface area contributed by atoms with Crippen molar-refractivity contribution in [3.63, 3.8) is 0 Å². The van der Waals surface area contributed by atoms with Crippen LogP contribution in [-0.4, -0.2) is 28.5 Å². The zero-order valence-corrected chi connectivity index (χ0v) is 12.5. The van der Waals surface area contributed by atoms with E-state index >= 15 is 0 Å². The van der Waals surface area contributed by atoms with Gasteiger partial charge in [0.2, 0.25) is 0 Å². The van der Waals surface area contributed by atoms with Gasteiger partial charge in [-0.15, -0.1) is 0 Å². The van der Waals surface area contributed by atoms with Crippen LogP contribution in [0, 0.1) is 6.92 Å². The molecule has 5 heteroatoms. The molecule has 0 spiro atoms. The summed E-state index contributed by atoms with van der Waals surface area (Å²) < 4.78 is 1.99. The predicted molar refractivity (Wildman–Crippen MR) is 85.8 cm³/mol. The van der Waals surface area contributed by atoms with Crippen LogP contribution in [0.1, 0.15) is 11.1 Å². The third-order valence-electron chi connectivity index (χ3n) is 3.51. The molecular formula is C16H19N5. The average molecular weight is 281 g/mol. The van der Waals surface area contributed by atoms with Crippen LogP contribution >= 0.6 is 0 Å². The van der Waals surface area contributed by atoms with Crippen LogP contribution in [0.5, 0.6) is 0 Å². The maximum atomic E-state index is 4.64. The maximum absolute atomic E-state index is 4.64. The van der Waals surface area contributed by atoms with Crippen LogP contribution in [0.25, 0.3) is 5.65 Å². The van der Waals surface area contributed by atoms with Crippen LogP contribution in [-0.2, 0) is 6.54 Å². The number of hydrogen-bond donors (Lipinski definition) is 1. The van der Waals surface area contributed by atoms with Crippen molar-refractivity contribution in [1.82, 2.24) is 14.4 Å². The largest absolute Gasteiger partial charge is 0.372 e. The lowest BCUT2D eigenvalue weighted by atomic mass is 10.1. The van der Waals surface area contributed by atoms with E-state index in [0.29, 0.717) is 0 Å². The SMILES string of the molecule is CNc1cn2ccnc2c(N(C)Cc2ccc(C)cc2)n1. The quantitative estimate of drug-likeness (QED) is 0.798. The second-order valence-electron chi connectivity index (χ2n) is 5.20. The Bertz CT molecular complexity index is 745. The molecule has 0 radical (unpaired) electrons. The Labute approximate surface area is 124 Å². The molecule has 2 aromatic heterocycles. The van der Waals surface area contributed by atoms with Crippen molar-refractivity contribution < 1.29 is 0 Å². The Kier molecular flexibility index (Phi) is 3.48. The highest BCUT2D eigenvalue weighted by atomic mass is 15.2. The molecule has 2 heterocycles. The number of anilines is 2. The van der Waals surface area contributed by atoms with E-state index in [9.17, 15) is 0 Å². The van der Waals surface area contributed by atoms with Gasteiger partial charge in [-0.2, -0.15) is 0 Å². The van der Waals surface area contributed by atoms with Gasteiger partial charge in [-0.25, -0.2) is 9.97 Å². The lowest BCUT2D eigenvalue weighted by Gasteiger charge is -2.19. The van der Waals surface area contributed by atoms with Crippen molar-refractivity contribution in [1.29, 1.82) is 0 Å². The Hall–Kier alpha value is -2.56. The van der Waals surface area contributed by atoms with Crippen LogP contribution in [0.2, 0.25) is 0 Å². The number of nitrogens with one attached hydrogen (secondary N) is 1. The molecule has 5 nitrogen and oxygen atoms in total. The zero-order chi connectivity index (χ0) is 14.8. The fourth-order valence-electron chi connectivity index (χ4n) is 2.33. The van der Waals surface area contributed by atoms with Crippen LogP contribution in [0.15, 0.2) is 42.9 Å². The predicted octanol–water partition coefficient (Wildman–Crippen LogP) is 2.72. The summed E-state index contributed by atoms with van der Waals surface area (Å²) in [6.45, 7) is 2.89. The first-order chi connectivity index (χ1) is 10.2. The molecule has 0 unspecified atom stereocenters. The fraction of sp³-hybridized carbons (Fsp3) is 0.250. The molecule has 3 aromatic rings. The Morgan fingerprint density at radius 3 is 2.71 bits per heavy atom. The van der Waals surface area contributed by atoms with E-state index in [1.165, 1.54) is 11.1 Å². The minimum absolute atomic E-state index is 0.795. The summed E-state index contributed by atoms with van der Waals surface area (Å²) in [5.74, 6) is 1.69. The average Bonchev–Trinajstić information content (AvgIpc) is 2.96. The summed E-state index contributed by atoms with van der Waals surface area (Å²) in [4.78, 5) is 11.2. The van der Waals surface area contributed by atoms with Gasteiger partial charge in [0.25, 0.3) is 0 Å². The normalized spacial score (nSPS) is 10.8. The number of benzene rings is 1. The second-order valence-corrected chi connectivity index (χ2v) is 5.20. The molecule has 0 aliphatic rings. The van der Waals surface area contributed by atoms with Gasteiger partial charge in [0.1, 0.15) is 5.82 Å². The molecule has 0 saturated heterocycles. The van der Waals surface area contributed by atoms with E-state index < -0.39 is 0 Å². The Balaban J connectivity index is 1.94. The Morgan fingerprint density at radius 2 is 2.00 bits per heavy atom. The molecule has 0 amide bonds. The molecule has 1 aromatic carbocycles. The van der Waals surface area contributed by atoms with Crippen molar-refractivity contribution in [3.8, 4) is 0 Å². The molecule has 21 heavy (non-hydrogen) atoms. The van der Waals surface area contributed by atoms with E-state index in [4.69, 9.17) is 0 Å². The zero-order valence-electron chi connectivity index (χ0n) is 12.5. The van der Waals surface area contributed by atoms with Crippen LogP contribution in [0.3, 0.4) is 0 Å². The van der Waals surface area contributed by atoms with Crippen molar-refractivity contribution in [2.24, 2.45) is 0 Å². The molecule has 0 aliphatic heterocycles. The van der Waals surface area contributed by atoms with Crippen molar-refractivity contribution in [3.05, 3.63) is 54.0 Å². The number of imidazole rings is 1. The number of rotatable bonds is 4. The van der Waals surface area contributed by atoms with Gasteiger partial charge in [-0.3, -0.25) is 0 Å². The molecule has 3 rings (SSSR count). The standard InChI is InChI=1S/C16H19N5/c1-12-4-6-13(7-5-12)10-20(3)16-15-18-8-9-21(15)11-14(17-2)19-16/h4-9,11,17H,10H2,1-3H3. The number of aryl methyl sites for hydroxylation is 1. The highest BCUT2D eigenvalue weighted by molar-refractivity contribution is 5.66. The van der Waals surface area contributed by atoms with Crippen molar-refractivity contribution >= 4 is 17.3 Å². The molecule has 0 bridgehead atoms. The third kappa shape index (κ3) is 2.67. The van der Waals surface area contributed by atoms with E-state index in [-0.39, 0.29) is 0 Å². The minimum Gasteiger partial charge on any atom is -0.372 e. The summed E-state index contributed by atoms with van der Waals surface area (Å²) in [6.07, 6.45) is 5.66. The first-order valence-electron chi connectivity index (χ1n) is 6.95. The molecule has 108 valence electrons. The van der Waals surface area contributed by atoms with Crippen LogP contribution < -0.4 is 10.2 Å². The molecule has 0 saturated carbocycles. The minimum atomic E-state index is 0.795. The fourth-order valence-corrected chi connectivity index (χ4v) is 2.33. The summed E-state index contributed by atoms with van der Waals surface area (Å²) in [5, 5.41) is 3.09. The number of hydrogen-bond acceptors (Lipinski definition) is 4. The summed E-state index contributed by atoms with van der Waals surface area (Å²) in [6, 6.07) is 8.56. The molecule has 0 fully saturated rings. The maximum Gasteiger partial charge on any atom is 0.180 e. The van der Waals surface area contributed by atoms with Crippen LogP contribution in [0.4, 0.5) is 11.6 Å². The van der Waals surface area contributed by atoms with Gasteiger partial charge >= 0.3 is 0 Å². The lowest BCUT2D eigenvalue weighted by Crippen LogP contribution is -2.19. The highest BCUT2D eigenvalue weighted by Gasteiger charge is 2.12. The molecular weight excluding hydrogens is 262 g/mol. The van der Waals surface area contributed by atoms with Gasteiger partial charge in [0.15, 0.2) is 11.5 Å². The van der Waals surface area contributed by atoms with Gasteiger partial charge in [-0.05, 0) is 12.5 Å². The van der Waals surface area contributed by atoms with E-state index in [1.807, 2.05) is 30.9 Å². The van der Waals surface area contributed by atoms with E-state index in [2.05, 4.69) is 51.4 Å².